The van der Waals surface area contributed by atoms with Crippen molar-refractivity contribution >= 4 is 40.1 Å². The largest absolute Gasteiger partial charge is 0.416 e. The van der Waals surface area contributed by atoms with E-state index in [2.05, 4.69) is 33.0 Å². The fourth-order valence-corrected chi connectivity index (χ4v) is 6.42. The summed E-state index contributed by atoms with van der Waals surface area (Å²) >= 11 is 1.68. The number of carbonyl (C=O) groups excluding carboxylic acids is 1. The van der Waals surface area contributed by atoms with E-state index >= 15 is 0 Å². The third kappa shape index (κ3) is 6.55. The van der Waals surface area contributed by atoms with Gasteiger partial charge in [-0.1, -0.05) is 60.7 Å². The molecule has 0 saturated heterocycles. The van der Waals surface area contributed by atoms with Crippen molar-refractivity contribution in [2.45, 2.75) is 35.7 Å². The van der Waals surface area contributed by atoms with Crippen LogP contribution < -0.4 is 10.6 Å². The highest BCUT2D eigenvalue weighted by molar-refractivity contribution is 7.99. The summed E-state index contributed by atoms with van der Waals surface area (Å²) in [4.78, 5) is 19.9. The molecule has 10 heteroatoms. The topological polar surface area (TPSA) is 82.2 Å². The average molecular weight is 612 g/mol. The molecule has 1 aliphatic rings. The number of hydrogen-bond acceptors (Lipinski definition) is 5. The maximum Gasteiger partial charge on any atom is 0.416 e. The van der Waals surface area contributed by atoms with E-state index in [9.17, 15) is 18.0 Å². The number of H-pyrrole nitrogens is 1. The molecule has 4 aromatic carbocycles. The lowest BCUT2D eigenvalue weighted by molar-refractivity contribution is -0.137. The van der Waals surface area contributed by atoms with Crippen LogP contribution >= 0.6 is 11.8 Å². The number of thioether (sulfide) groups is 1. The Morgan fingerprint density at radius 3 is 2.36 bits per heavy atom. The van der Waals surface area contributed by atoms with Crippen molar-refractivity contribution in [1.82, 2.24) is 15.5 Å². The Hall–Kier alpha value is -4.83. The van der Waals surface area contributed by atoms with Crippen LogP contribution in [0, 0.1) is 0 Å². The normalized spacial score (nSPS) is 15.9. The summed E-state index contributed by atoms with van der Waals surface area (Å²) in [6.07, 6.45) is -2.29. The molecule has 44 heavy (non-hydrogen) atoms. The molecule has 0 saturated carbocycles. The fraction of sp³-hybridized carbons (Fsp3) is 0.147. The average Bonchev–Trinajstić information content (AvgIpc) is 3.49. The SMILES string of the molecule is CC1=C(C(=O)Nc2ccc3[nH]ncc3c2)C(CC(Sc2ccccc2)c2ccccc2)N=C(c2ccc(C(F)(F)F)cc2)N1. The zero-order chi connectivity index (χ0) is 30.7. The molecule has 1 aliphatic heterocycles. The molecule has 0 spiro atoms. The minimum Gasteiger partial charge on any atom is -0.343 e. The molecule has 2 unspecified atom stereocenters. The lowest BCUT2D eigenvalue weighted by atomic mass is 9.94. The molecule has 2 heterocycles. The van der Waals surface area contributed by atoms with Gasteiger partial charge in [0.1, 0.15) is 5.84 Å². The number of aromatic nitrogens is 2. The second-order valence-electron chi connectivity index (χ2n) is 10.4. The fourth-order valence-electron chi connectivity index (χ4n) is 5.21. The standard InChI is InChI=1S/C34H28F3N5OS/c1-21-31(33(43)40-26-16-17-28-24(18-26)20-38-42-28)29(41-32(39-21)23-12-14-25(15-13-23)34(35,36)37)19-30(22-8-4-2-5-9-22)44-27-10-6-3-7-11-27/h2-18,20,29-30H,19H2,1H3,(H,38,42)(H,39,41)(H,40,43). The van der Waals surface area contributed by atoms with Crippen LogP contribution in [0.4, 0.5) is 18.9 Å². The van der Waals surface area contributed by atoms with Crippen LogP contribution in [0.5, 0.6) is 0 Å². The van der Waals surface area contributed by atoms with E-state index in [0.29, 0.717) is 34.8 Å². The summed E-state index contributed by atoms with van der Waals surface area (Å²) in [5.74, 6) is 0.101. The number of carbonyl (C=O) groups is 1. The molecule has 2 atom stereocenters. The van der Waals surface area contributed by atoms with Crippen molar-refractivity contribution in [3.8, 4) is 0 Å². The first-order chi connectivity index (χ1) is 21.2. The van der Waals surface area contributed by atoms with E-state index in [0.717, 1.165) is 33.5 Å². The number of benzene rings is 4. The van der Waals surface area contributed by atoms with Crippen molar-refractivity contribution in [3.05, 3.63) is 137 Å². The Labute approximate surface area is 256 Å². The number of nitrogens with zero attached hydrogens (tertiary/aromatic N) is 2. The maximum absolute atomic E-state index is 13.9. The van der Waals surface area contributed by atoms with Gasteiger partial charge in [0.2, 0.25) is 0 Å². The first-order valence-corrected chi connectivity index (χ1v) is 14.9. The van der Waals surface area contributed by atoms with Gasteiger partial charge in [0.05, 0.1) is 28.9 Å². The molecule has 6 nitrogen and oxygen atoms in total. The van der Waals surface area contributed by atoms with Gasteiger partial charge in [-0.25, -0.2) is 0 Å². The van der Waals surface area contributed by atoms with Gasteiger partial charge in [-0.3, -0.25) is 14.9 Å². The molecular weight excluding hydrogens is 583 g/mol. The number of amidine groups is 1. The summed E-state index contributed by atoms with van der Waals surface area (Å²) < 4.78 is 39.8. The number of aliphatic imine (C=N–C) groups is 1. The number of anilines is 1. The number of rotatable bonds is 8. The molecule has 0 bridgehead atoms. The highest BCUT2D eigenvalue weighted by atomic mass is 32.2. The number of aromatic amines is 1. The Bertz CT molecular complexity index is 1830. The highest BCUT2D eigenvalue weighted by Gasteiger charge is 2.33. The van der Waals surface area contributed by atoms with Crippen molar-refractivity contribution in [2.24, 2.45) is 4.99 Å². The van der Waals surface area contributed by atoms with E-state index in [1.807, 2.05) is 60.7 Å². The van der Waals surface area contributed by atoms with Crippen molar-refractivity contribution in [2.75, 3.05) is 5.32 Å². The molecule has 222 valence electrons. The molecular formula is C34H28F3N5OS. The minimum absolute atomic E-state index is 0.0721. The number of hydrogen-bond donors (Lipinski definition) is 3. The van der Waals surface area contributed by atoms with E-state index in [1.54, 1.807) is 30.9 Å². The van der Waals surface area contributed by atoms with E-state index < -0.39 is 17.8 Å². The quantitative estimate of drug-likeness (QED) is 0.155. The van der Waals surface area contributed by atoms with Crippen molar-refractivity contribution < 1.29 is 18.0 Å². The van der Waals surface area contributed by atoms with Crippen LogP contribution in [0.1, 0.15) is 35.3 Å². The van der Waals surface area contributed by atoms with Crippen molar-refractivity contribution in [3.63, 3.8) is 0 Å². The summed E-state index contributed by atoms with van der Waals surface area (Å²) in [5.41, 5.74) is 3.34. The molecule has 3 N–H and O–H groups in total. The highest BCUT2D eigenvalue weighted by Crippen LogP contribution is 2.41. The Kier molecular flexibility index (Phi) is 8.25. The first-order valence-electron chi connectivity index (χ1n) is 14.0. The van der Waals surface area contributed by atoms with Crippen LogP contribution in [0.15, 0.2) is 130 Å². The zero-order valence-electron chi connectivity index (χ0n) is 23.6. The van der Waals surface area contributed by atoms with Crippen LogP contribution in [0.3, 0.4) is 0 Å². The Morgan fingerprint density at radius 2 is 1.66 bits per heavy atom. The summed E-state index contributed by atoms with van der Waals surface area (Å²) in [7, 11) is 0. The zero-order valence-corrected chi connectivity index (χ0v) is 24.4. The van der Waals surface area contributed by atoms with Gasteiger partial charge < -0.3 is 10.6 Å². The number of halogens is 3. The van der Waals surface area contributed by atoms with Gasteiger partial charge >= 0.3 is 6.18 Å². The molecule has 6 rings (SSSR count). The van der Waals surface area contributed by atoms with Gasteiger partial charge in [0.25, 0.3) is 5.91 Å². The second kappa shape index (κ2) is 12.4. The first kappa shape index (κ1) is 29.3. The summed E-state index contributed by atoms with van der Waals surface area (Å²) in [5, 5.41) is 13.9. The molecule has 5 aromatic rings. The van der Waals surface area contributed by atoms with Gasteiger partial charge in [-0.05, 0) is 61.4 Å². The van der Waals surface area contributed by atoms with E-state index in [1.165, 1.54) is 12.1 Å². The number of allylic oxidation sites excluding steroid dienone is 1. The minimum atomic E-state index is -4.44. The number of amides is 1. The monoisotopic (exact) mass is 611 g/mol. The summed E-state index contributed by atoms with van der Waals surface area (Å²) in [6, 6.07) is 29.8. The van der Waals surface area contributed by atoms with Gasteiger partial charge in [0.15, 0.2) is 0 Å². The lowest BCUT2D eigenvalue weighted by Gasteiger charge is -2.29. The van der Waals surface area contributed by atoms with E-state index in [4.69, 9.17) is 4.99 Å². The third-order valence-electron chi connectivity index (χ3n) is 7.39. The number of nitrogens with one attached hydrogen (secondary N) is 3. The van der Waals surface area contributed by atoms with Crippen LogP contribution in [0.2, 0.25) is 0 Å². The molecule has 0 radical (unpaired) electrons. The predicted octanol–water partition coefficient (Wildman–Crippen LogP) is 8.14. The maximum atomic E-state index is 13.9. The molecule has 1 amide bonds. The number of fused-ring (bicyclic) bond motifs is 1. The third-order valence-corrected chi connectivity index (χ3v) is 8.68. The van der Waals surface area contributed by atoms with E-state index in [-0.39, 0.29) is 11.2 Å². The Morgan fingerprint density at radius 1 is 0.955 bits per heavy atom. The van der Waals surface area contributed by atoms with Crippen LogP contribution in [-0.4, -0.2) is 28.0 Å². The predicted molar refractivity (Wildman–Crippen MR) is 168 cm³/mol. The van der Waals surface area contributed by atoms with Gasteiger partial charge in [-0.2, -0.15) is 18.3 Å². The van der Waals surface area contributed by atoms with Crippen molar-refractivity contribution in [1.29, 1.82) is 0 Å². The molecule has 1 aromatic heterocycles. The smallest absolute Gasteiger partial charge is 0.343 e. The van der Waals surface area contributed by atoms with Gasteiger partial charge in [-0.15, -0.1) is 11.8 Å². The van der Waals surface area contributed by atoms with Crippen LogP contribution in [-0.2, 0) is 11.0 Å². The number of alkyl halides is 3. The Balaban J connectivity index is 1.36. The van der Waals surface area contributed by atoms with Crippen LogP contribution in [0.25, 0.3) is 10.9 Å². The molecule has 0 aliphatic carbocycles. The molecule has 0 fully saturated rings. The summed E-state index contributed by atoms with van der Waals surface area (Å²) in [6.45, 7) is 1.79. The second-order valence-corrected chi connectivity index (χ2v) is 11.7. The van der Waals surface area contributed by atoms with Gasteiger partial charge in [0, 0.05) is 32.5 Å². The lowest BCUT2D eigenvalue weighted by Crippen LogP contribution is -2.37.